The number of anilines is 1. The highest BCUT2D eigenvalue weighted by atomic mass is 16.5. The summed E-state index contributed by atoms with van der Waals surface area (Å²) in [6.07, 6.45) is 5.86. The van der Waals surface area contributed by atoms with Gasteiger partial charge >= 0.3 is 5.97 Å². The van der Waals surface area contributed by atoms with Gasteiger partial charge in [0.2, 0.25) is 0 Å². The standard InChI is InChI=1S/C17H25NO2/c1-11-8-12(2)16(18)14(9-11)15(17(19)20-3)10-13-6-4-5-7-13/h8-9,13,15H,4-7,10,18H2,1-3H3. The molecule has 1 saturated carbocycles. The van der Waals surface area contributed by atoms with E-state index in [9.17, 15) is 4.79 Å². The molecule has 0 saturated heterocycles. The molecule has 0 aromatic heterocycles. The van der Waals surface area contributed by atoms with Gasteiger partial charge in [0.05, 0.1) is 13.0 Å². The van der Waals surface area contributed by atoms with Crippen LogP contribution in [0.2, 0.25) is 0 Å². The first-order valence-electron chi connectivity index (χ1n) is 7.47. The molecule has 110 valence electrons. The van der Waals surface area contributed by atoms with E-state index in [1.807, 2.05) is 19.9 Å². The van der Waals surface area contributed by atoms with Crippen molar-refractivity contribution in [3.05, 3.63) is 28.8 Å². The van der Waals surface area contributed by atoms with E-state index in [4.69, 9.17) is 10.5 Å². The van der Waals surface area contributed by atoms with Crippen molar-refractivity contribution in [2.24, 2.45) is 5.92 Å². The molecule has 0 bridgehead atoms. The van der Waals surface area contributed by atoms with Gasteiger partial charge in [-0.15, -0.1) is 0 Å². The fourth-order valence-electron chi connectivity index (χ4n) is 3.37. The highest BCUT2D eigenvalue weighted by Crippen LogP contribution is 2.37. The quantitative estimate of drug-likeness (QED) is 0.673. The third-order valence-corrected chi connectivity index (χ3v) is 4.47. The second kappa shape index (κ2) is 6.29. The Bertz CT molecular complexity index is 490. The highest BCUT2D eigenvalue weighted by molar-refractivity contribution is 5.81. The molecule has 1 aliphatic carbocycles. The molecule has 2 rings (SSSR count). The Balaban J connectivity index is 2.32. The van der Waals surface area contributed by atoms with Gasteiger partial charge < -0.3 is 10.5 Å². The fourth-order valence-corrected chi connectivity index (χ4v) is 3.37. The maximum absolute atomic E-state index is 12.2. The van der Waals surface area contributed by atoms with Crippen LogP contribution in [0.1, 0.15) is 54.7 Å². The van der Waals surface area contributed by atoms with Gasteiger partial charge in [-0.3, -0.25) is 4.79 Å². The largest absolute Gasteiger partial charge is 0.469 e. The molecule has 0 spiro atoms. The zero-order chi connectivity index (χ0) is 14.7. The van der Waals surface area contributed by atoms with Gasteiger partial charge in [-0.05, 0) is 37.3 Å². The Morgan fingerprint density at radius 2 is 2.00 bits per heavy atom. The van der Waals surface area contributed by atoms with Crippen molar-refractivity contribution >= 4 is 11.7 Å². The van der Waals surface area contributed by atoms with Crippen molar-refractivity contribution in [2.45, 2.75) is 51.9 Å². The smallest absolute Gasteiger partial charge is 0.313 e. The van der Waals surface area contributed by atoms with Crippen LogP contribution in [-0.2, 0) is 9.53 Å². The van der Waals surface area contributed by atoms with Crippen LogP contribution in [0, 0.1) is 19.8 Å². The lowest BCUT2D eigenvalue weighted by molar-refractivity contribution is -0.142. The minimum Gasteiger partial charge on any atom is -0.469 e. The Labute approximate surface area is 121 Å². The Kier molecular flexibility index (Phi) is 4.69. The SMILES string of the molecule is COC(=O)C(CC1CCCC1)c1cc(C)cc(C)c1N. The lowest BCUT2D eigenvalue weighted by Gasteiger charge is -2.21. The summed E-state index contributed by atoms with van der Waals surface area (Å²) >= 11 is 0. The number of hydrogen-bond acceptors (Lipinski definition) is 3. The second-order valence-electron chi connectivity index (χ2n) is 6.05. The van der Waals surface area contributed by atoms with Crippen LogP contribution in [0.3, 0.4) is 0 Å². The van der Waals surface area contributed by atoms with E-state index in [0.717, 1.165) is 28.8 Å². The monoisotopic (exact) mass is 275 g/mol. The topological polar surface area (TPSA) is 52.3 Å². The number of rotatable bonds is 4. The van der Waals surface area contributed by atoms with Gasteiger partial charge in [0, 0.05) is 5.69 Å². The number of nitrogens with two attached hydrogens (primary N) is 1. The molecule has 0 heterocycles. The number of hydrogen-bond donors (Lipinski definition) is 1. The lowest BCUT2D eigenvalue weighted by atomic mass is 9.85. The minimum atomic E-state index is -0.221. The first-order chi connectivity index (χ1) is 9.52. The Morgan fingerprint density at radius 3 is 2.60 bits per heavy atom. The molecule has 20 heavy (non-hydrogen) atoms. The molecule has 3 heteroatoms. The zero-order valence-corrected chi connectivity index (χ0v) is 12.7. The van der Waals surface area contributed by atoms with E-state index < -0.39 is 0 Å². The van der Waals surface area contributed by atoms with E-state index in [-0.39, 0.29) is 11.9 Å². The maximum Gasteiger partial charge on any atom is 0.313 e. The van der Waals surface area contributed by atoms with Crippen molar-refractivity contribution in [2.75, 3.05) is 12.8 Å². The summed E-state index contributed by atoms with van der Waals surface area (Å²) in [6.45, 7) is 4.04. The zero-order valence-electron chi connectivity index (χ0n) is 12.7. The molecule has 0 radical (unpaired) electrons. The van der Waals surface area contributed by atoms with Crippen LogP contribution < -0.4 is 5.73 Å². The third-order valence-electron chi connectivity index (χ3n) is 4.47. The number of benzene rings is 1. The van der Waals surface area contributed by atoms with E-state index in [0.29, 0.717) is 5.92 Å². The number of ether oxygens (including phenoxy) is 1. The van der Waals surface area contributed by atoms with E-state index in [2.05, 4.69) is 6.07 Å². The van der Waals surface area contributed by atoms with Crippen LogP contribution in [0.15, 0.2) is 12.1 Å². The second-order valence-corrected chi connectivity index (χ2v) is 6.05. The molecule has 1 fully saturated rings. The molecular formula is C17H25NO2. The number of aryl methyl sites for hydroxylation is 2. The normalized spacial score (nSPS) is 17.1. The number of nitrogen functional groups attached to an aromatic ring is 1. The van der Waals surface area contributed by atoms with Gasteiger partial charge in [0.1, 0.15) is 0 Å². The molecular weight excluding hydrogens is 250 g/mol. The van der Waals surface area contributed by atoms with E-state index >= 15 is 0 Å². The van der Waals surface area contributed by atoms with Crippen LogP contribution in [-0.4, -0.2) is 13.1 Å². The molecule has 2 N–H and O–H groups in total. The van der Waals surface area contributed by atoms with Crippen molar-refractivity contribution in [1.82, 2.24) is 0 Å². The number of carbonyl (C=O) groups is 1. The maximum atomic E-state index is 12.2. The van der Waals surface area contributed by atoms with Gasteiger partial charge in [-0.2, -0.15) is 0 Å². The highest BCUT2D eigenvalue weighted by Gasteiger charge is 2.29. The first-order valence-corrected chi connectivity index (χ1v) is 7.47. The number of carbonyl (C=O) groups excluding carboxylic acids is 1. The van der Waals surface area contributed by atoms with Crippen LogP contribution >= 0.6 is 0 Å². The summed E-state index contributed by atoms with van der Waals surface area (Å²) in [5, 5.41) is 0. The predicted molar refractivity (Wildman–Crippen MR) is 81.7 cm³/mol. The molecule has 1 aliphatic rings. The minimum absolute atomic E-state index is 0.159. The average Bonchev–Trinajstić information content (AvgIpc) is 2.92. The Morgan fingerprint density at radius 1 is 1.35 bits per heavy atom. The molecule has 0 amide bonds. The summed E-state index contributed by atoms with van der Waals surface area (Å²) in [6, 6.07) is 4.10. The summed E-state index contributed by atoms with van der Waals surface area (Å²) in [5.74, 6) is 0.245. The summed E-state index contributed by atoms with van der Waals surface area (Å²) in [5.41, 5.74) is 10.1. The number of esters is 1. The fraction of sp³-hybridized carbons (Fsp3) is 0.588. The number of methoxy groups -OCH3 is 1. The van der Waals surface area contributed by atoms with Crippen molar-refractivity contribution < 1.29 is 9.53 Å². The van der Waals surface area contributed by atoms with E-state index in [1.54, 1.807) is 0 Å². The summed E-state index contributed by atoms with van der Waals surface area (Å²) in [4.78, 5) is 12.2. The molecule has 0 aliphatic heterocycles. The van der Waals surface area contributed by atoms with Gasteiger partial charge in [-0.1, -0.05) is 43.4 Å². The van der Waals surface area contributed by atoms with Crippen LogP contribution in [0.25, 0.3) is 0 Å². The molecule has 1 atom stereocenters. The molecule has 1 unspecified atom stereocenters. The summed E-state index contributed by atoms with van der Waals surface area (Å²) in [7, 11) is 1.46. The van der Waals surface area contributed by atoms with Crippen LogP contribution in [0.5, 0.6) is 0 Å². The molecule has 1 aromatic rings. The first kappa shape index (κ1) is 14.9. The predicted octanol–water partition coefficient (Wildman–Crippen LogP) is 3.72. The van der Waals surface area contributed by atoms with E-state index in [1.165, 1.54) is 32.8 Å². The Hall–Kier alpha value is -1.51. The van der Waals surface area contributed by atoms with Crippen LogP contribution in [0.4, 0.5) is 5.69 Å². The van der Waals surface area contributed by atoms with Crippen molar-refractivity contribution in [1.29, 1.82) is 0 Å². The van der Waals surface area contributed by atoms with Crippen molar-refractivity contribution in [3.8, 4) is 0 Å². The van der Waals surface area contributed by atoms with Gasteiger partial charge in [0.15, 0.2) is 0 Å². The summed E-state index contributed by atoms with van der Waals surface area (Å²) < 4.78 is 5.02. The van der Waals surface area contributed by atoms with Gasteiger partial charge in [0.25, 0.3) is 0 Å². The van der Waals surface area contributed by atoms with Crippen molar-refractivity contribution in [3.63, 3.8) is 0 Å². The average molecular weight is 275 g/mol. The molecule has 3 nitrogen and oxygen atoms in total. The third kappa shape index (κ3) is 3.14. The molecule has 1 aromatic carbocycles. The van der Waals surface area contributed by atoms with Gasteiger partial charge in [-0.25, -0.2) is 0 Å². The lowest BCUT2D eigenvalue weighted by Crippen LogP contribution is -2.19.